The van der Waals surface area contributed by atoms with Crippen molar-refractivity contribution >= 4 is 5.97 Å². The molecule has 0 amide bonds. The highest BCUT2D eigenvalue weighted by atomic mass is 16.4. The van der Waals surface area contributed by atoms with Crippen molar-refractivity contribution in [3.05, 3.63) is 12.2 Å². The minimum atomic E-state index is -0.562. The molecule has 0 bridgehead atoms. The third-order valence-corrected chi connectivity index (χ3v) is 8.02. The lowest BCUT2D eigenvalue weighted by atomic mass is 9.40. The van der Waals surface area contributed by atoms with E-state index in [1.54, 1.807) is 0 Å². The highest BCUT2D eigenvalue weighted by Crippen LogP contribution is 2.68. The summed E-state index contributed by atoms with van der Waals surface area (Å²) in [6, 6.07) is 0. The number of allylic oxidation sites excluding steroid dienone is 1. The molecule has 0 saturated heterocycles. The Morgan fingerprint density at radius 3 is 2.59 bits per heavy atom. The molecule has 0 radical (unpaired) electrons. The molecule has 0 aromatic carbocycles. The van der Waals surface area contributed by atoms with Crippen LogP contribution in [0.2, 0.25) is 0 Å². The average Bonchev–Trinajstić information content (AvgIpc) is 2.46. The first-order chi connectivity index (χ1) is 10.3. The van der Waals surface area contributed by atoms with Gasteiger partial charge >= 0.3 is 5.97 Å². The molecule has 2 nitrogen and oxygen atoms in total. The summed E-state index contributed by atoms with van der Waals surface area (Å²) in [5, 5.41) is 9.90. The molecule has 3 aliphatic carbocycles. The predicted molar refractivity (Wildman–Crippen MR) is 89.6 cm³/mol. The number of fused-ring (bicyclic) bond motifs is 3. The van der Waals surface area contributed by atoms with Crippen molar-refractivity contribution < 1.29 is 9.90 Å². The topological polar surface area (TPSA) is 37.3 Å². The van der Waals surface area contributed by atoms with Gasteiger partial charge in [0.2, 0.25) is 0 Å². The van der Waals surface area contributed by atoms with Gasteiger partial charge in [-0.2, -0.15) is 0 Å². The number of rotatable bonds is 2. The zero-order valence-corrected chi connectivity index (χ0v) is 14.6. The summed E-state index contributed by atoms with van der Waals surface area (Å²) < 4.78 is 0. The smallest absolute Gasteiger partial charge is 0.309 e. The molecule has 0 heterocycles. The van der Waals surface area contributed by atoms with E-state index in [1.165, 1.54) is 37.7 Å². The van der Waals surface area contributed by atoms with E-state index in [0.717, 1.165) is 25.7 Å². The van der Waals surface area contributed by atoms with Crippen molar-refractivity contribution in [3.63, 3.8) is 0 Å². The second-order valence-electron chi connectivity index (χ2n) is 8.91. The van der Waals surface area contributed by atoms with Crippen molar-refractivity contribution in [2.75, 3.05) is 0 Å². The van der Waals surface area contributed by atoms with Crippen molar-refractivity contribution in [1.29, 1.82) is 0 Å². The second-order valence-corrected chi connectivity index (χ2v) is 8.91. The van der Waals surface area contributed by atoms with E-state index in [1.807, 2.05) is 6.92 Å². The van der Waals surface area contributed by atoms with Gasteiger partial charge in [0.05, 0.1) is 5.41 Å². The Bertz CT molecular complexity index is 496. The fraction of sp³-hybridized carbons (Fsp3) is 0.850. The van der Waals surface area contributed by atoms with Crippen molar-refractivity contribution in [1.82, 2.24) is 0 Å². The number of hydrogen-bond acceptors (Lipinski definition) is 1. The number of carboxylic acids is 1. The van der Waals surface area contributed by atoms with Gasteiger partial charge in [-0.25, -0.2) is 0 Å². The van der Waals surface area contributed by atoms with Gasteiger partial charge in [-0.15, -0.1) is 0 Å². The van der Waals surface area contributed by atoms with Crippen LogP contribution in [-0.2, 0) is 4.79 Å². The molecule has 124 valence electrons. The largest absolute Gasteiger partial charge is 0.481 e. The fourth-order valence-corrected chi connectivity index (χ4v) is 6.87. The highest BCUT2D eigenvalue weighted by Gasteiger charge is 2.62. The highest BCUT2D eigenvalue weighted by molar-refractivity contribution is 5.75. The molecule has 0 aliphatic heterocycles. The van der Waals surface area contributed by atoms with Crippen LogP contribution in [0.1, 0.15) is 78.6 Å². The summed E-state index contributed by atoms with van der Waals surface area (Å²) in [5.74, 6) is 0.475. The Kier molecular flexibility index (Phi) is 3.73. The molecule has 22 heavy (non-hydrogen) atoms. The summed E-state index contributed by atoms with van der Waals surface area (Å²) in [4.78, 5) is 12.0. The molecule has 1 N–H and O–H groups in total. The Balaban J connectivity index is 2.02. The van der Waals surface area contributed by atoms with E-state index < -0.39 is 11.4 Å². The molecule has 5 atom stereocenters. The van der Waals surface area contributed by atoms with Gasteiger partial charge < -0.3 is 5.11 Å². The van der Waals surface area contributed by atoms with Crippen LogP contribution in [0.15, 0.2) is 12.2 Å². The number of carboxylic acid groups (broad SMARTS) is 1. The molecular weight excluding hydrogens is 272 g/mol. The van der Waals surface area contributed by atoms with Crippen molar-refractivity contribution in [2.24, 2.45) is 28.1 Å². The van der Waals surface area contributed by atoms with Crippen molar-refractivity contribution in [3.8, 4) is 0 Å². The average molecular weight is 304 g/mol. The Morgan fingerprint density at radius 2 is 1.95 bits per heavy atom. The first kappa shape index (κ1) is 16.1. The first-order valence-corrected chi connectivity index (χ1v) is 9.18. The van der Waals surface area contributed by atoms with Gasteiger partial charge in [0, 0.05) is 0 Å². The van der Waals surface area contributed by atoms with Crippen LogP contribution >= 0.6 is 0 Å². The molecule has 0 spiro atoms. The second kappa shape index (κ2) is 5.11. The molecule has 3 aliphatic rings. The first-order valence-electron chi connectivity index (χ1n) is 9.18. The number of carbonyl (C=O) groups is 1. The molecule has 3 saturated carbocycles. The minimum Gasteiger partial charge on any atom is -0.481 e. The molecular formula is C20H32O2. The monoisotopic (exact) mass is 304 g/mol. The van der Waals surface area contributed by atoms with Gasteiger partial charge in [-0.3, -0.25) is 4.79 Å². The molecule has 2 unspecified atom stereocenters. The number of aliphatic carboxylic acids is 1. The normalized spacial score (nSPS) is 48.4. The van der Waals surface area contributed by atoms with Crippen LogP contribution in [0.3, 0.4) is 0 Å². The van der Waals surface area contributed by atoms with Crippen LogP contribution in [0.5, 0.6) is 0 Å². The Labute approximate surface area is 135 Å². The minimum absolute atomic E-state index is 0.209. The van der Waals surface area contributed by atoms with Gasteiger partial charge in [-0.1, -0.05) is 32.4 Å². The molecule has 0 aromatic heterocycles. The third-order valence-electron chi connectivity index (χ3n) is 8.02. The predicted octanol–water partition coefficient (Wildman–Crippen LogP) is 5.43. The van der Waals surface area contributed by atoms with E-state index >= 15 is 0 Å². The standard InChI is InChI=1S/C20H32O2/c1-5-20-12-9-15-18(3,16(20)8-7-14(2)13-20)10-6-11-19(15,4)17(21)22/h15-16H,2,5-13H2,1,3-4H3,(H,21,22)/t15?,16?,18-,19-,20-/m1/s1. The lowest BCUT2D eigenvalue weighted by molar-refractivity contribution is -0.181. The zero-order valence-electron chi connectivity index (χ0n) is 14.6. The van der Waals surface area contributed by atoms with E-state index in [0.29, 0.717) is 17.3 Å². The fourth-order valence-electron chi connectivity index (χ4n) is 6.87. The van der Waals surface area contributed by atoms with Crippen LogP contribution in [0, 0.1) is 28.1 Å². The maximum absolute atomic E-state index is 12.0. The summed E-state index contributed by atoms with van der Waals surface area (Å²) in [6.45, 7) is 11.1. The summed E-state index contributed by atoms with van der Waals surface area (Å²) >= 11 is 0. The van der Waals surface area contributed by atoms with Gasteiger partial charge in [-0.05, 0) is 81.0 Å². The molecule has 2 heteroatoms. The third kappa shape index (κ3) is 2.02. The van der Waals surface area contributed by atoms with Crippen LogP contribution < -0.4 is 0 Å². The Morgan fingerprint density at radius 1 is 1.23 bits per heavy atom. The lowest BCUT2D eigenvalue weighted by Crippen LogP contribution is -2.58. The van der Waals surface area contributed by atoms with Crippen LogP contribution in [0.25, 0.3) is 0 Å². The van der Waals surface area contributed by atoms with E-state index in [4.69, 9.17) is 0 Å². The van der Waals surface area contributed by atoms with Gasteiger partial charge in [0.25, 0.3) is 0 Å². The lowest BCUT2D eigenvalue weighted by Gasteiger charge is -2.64. The molecule has 3 fully saturated rings. The maximum atomic E-state index is 12.0. The van der Waals surface area contributed by atoms with Crippen LogP contribution in [0.4, 0.5) is 0 Å². The van der Waals surface area contributed by atoms with Crippen LogP contribution in [-0.4, -0.2) is 11.1 Å². The Hall–Kier alpha value is -0.790. The maximum Gasteiger partial charge on any atom is 0.309 e. The van der Waals surface area contributed by atoms with E-state index in [2.05, 4.69) is 20.4 Å². The summed E-state index contributed by atoms with van der Waals surface area (Å²) in [6.07, 6.45) is 10.2. The van der Waals surface area contributed by atoms with E-state index in [9.17, 15) is 9.90 Å². The van der Waals surface area contributed by atoms with E-state index in [-0.39, 0.29) is 5.41 Å². The molecule has 3 rings (SSSR count). The summed E-state index contributed by atoms with van der Waals surface area (Å²) in [7, 11) is 0. The molecule has 0 aromatic rings. The zero-order chi connectivity index (χ0) is 16.2. The SMILES string of the molecule is C=C1CCC2[C@](CC)(CCC3[C@@]2(C)CCC[C@@]3(C)C(=O)O)C1. The van der Waals surface area contributed by atoms with Gasteiger partial charge in [0.15, 0.2) is 0 Å². The van der Waals surface area contributed by atoms with Gasteiger partial charge in [0.1, 0.15) is 0 Å². The quantitative estimate of drug-likeness (QED) is 0.691. The van der Waals surface area contributed by atoms with Crippen molar-refractivity contribution in [2.45, 2.75) is 78.6 Å². The summed E-state index contributed by atoms with van der Waals surface area (Å²) in [5.41, 5.74) is 1.52. The number of hydrogen-bond donors (Lipinski definition) is 1.